The predicted molar refractivity (Wildman–Crippen MR) is 113 cm³/mol. The van der Waals surface area contributed by atoms with E-state index in [1.807, 2.05) is 47.4 Å². The van der Waals surface area contributed by atoms with Crippen LogP contribution >= 0.6 is 0 Å². The number of nitrogens with zero attached hydrogens (tertiary/aromatic N) is 2. The summed E-state index contributed by atoms with van der Waals surface area (Å²) in [6, 6.07) is 15.3. The average Bonchev–Trinajstić information content (AvgIpc) is 3.13. The first-order chi connectivity index (χ1) is 14.1. The molecule has 0 unspecified atom stereocenters. The average molecular weight is 392 g/mol. The van der Waals surface area contributed by atoms with Gasteiger partial charge in [-0.3, -0.25) is 9.69 Å². The molecule has 0 spiro atoms. The molecule has 1 fully saturated rings. The van der Waals surface area contributed by atoms with Gasteiger partial charge in [0.1, 0.15) is 12.6 Å². The highest BCUT2D eigenvalue weighted by atomic mass is 16.6. The van der Waals surface area contributed by atoms with Crippen molar-refractivity contribution in [3.63, 3.8) is 0 Å². The SMILES string of the molecule is Cc1cccc2c1CCCCN2C(=O)[C@@H]1CCCN1C(=O)OCc1ccccc1. The van der Waals surface area contributed by atoms with Crippen LogP contribution in [-0.4, -0.2) is 36.0 Å². The van der Waals surface area contributed by atoms with Crippen LogP contribution in [0.15, 0.2) is 48.5 Å². The third-order valence-corrected chi connectivity index (χ3v) is 5.98. The van der Waals surface area contributed by atoms with Gasteiger partial charge in [0.2, 0.25) is 5.91 Å². The second kappa shape index (κ2) is 8.68. The molecule has 1 atom stereocenters. The molecule has 0 N–H and O–H groups in total. The Hall–Kier alpha value is -2.82. The van der Waals surface area contributed by atoms with E-state index in [-0.39, 0.29) is 12.5 Å². The number of carbonyl (C=O) groups excluding carboxylic acids is 2. The van der Waals surface area contributed by atoms with E-state index in [2.05, 4.69) is 13.0 Å². The van der Waals surface area contributed by atoms with Crippen LogP contribution in [0, 0.1) is 6.92 Å². The van der Waals surface area contributed by atoms with Crippen LogP contribution in [0.1, 0.15) is 42.4 Å². The third kappa shape index (κ3) is 4.14. The van der Waals surface area contributed by atoms with Gasteiger partial charge in [0.05, 0.1) is 0 Å². The number of rotatable bonds is 3. The number of likely N-dealkylation sites (tertiary alicyclic amines) is 1. The number of ether oxygens (including phenoxy) is 1. The Labute approximate surface area is 172 Å². The number of hydrogen-bond donors (Lipinski definition) is 0. The molecule has 29 heavy (non-hydrogen) atoms. The first kappa shape index (κ1) is 19.5. The van der Waals surface area contributed by atoms with Crippen molar-refractivity contribution in [3.8, 4) is 0 Å². The van der Waals surface area contributed by atoms with Crippen LogP contribution in [-0.2, 0) is 22.6 Å². The highest BCUT2D eigenvalue weighted by Gasteiger charge is 2.38. The van der Waals surface area contributed by atoms with Crippen LogP contribution in [0.3, 0.4) is 0 Å². The van der Waals surface area contributed by atoms with Crippen molar-refractivity contribution < 1.29 is 14.3 Å². The van der Waals surface area contributed by atoms with Gasteiger partial charge in [0.15, 0.2) is 0 Å². The maximum atomic E-state index is 13.5. The van der Waals surface area contributed by atoms with Gasteiger partial charge in [-0.25, -0.2) is 4.79 Å². The number of hydrogen-bond acceptors (Lipinski definition) is 3. The molecule has 0 saturated carbocycles. The summed E-state index contributed by atoms with van der Waals surface area (Å²) < 4.78 is 5.51. The van der Waals surface area contributed by atoms with E-state index in [1.165, 1.54) is 11.1 Å². The zero-order valence-electron chi connectivity index (χ0n) is 17.0. The number of amides is 2. The fraction of sp³-hybridized carbons (Fsp3) is 0.417. The molecule has 5 heteroatoms. The molecule has 2 heterocycles. The Morgan fingerprint density at radius 1 is 1.00 bits per heavy atom. The van der Waals surface area contributed by atoms with Crippen molar-refractivity contribution >= 4 is 17.7 Å². The molecule has 0 radical (unpaired) electrons. The number of anilines is 1. The van der Waals surface area contributed by atoms with Gasteiger partial charge in [0.25, 0.3) is 0 Å². The number of carbonyl (C=O) groups is 2. The molecular formula is C24H28N2O3. The molecule has 5 nitrogen and oxygen atoms in total. The zero-order valence-corrected chi connectivity index (χ0v) is 17.0. The Morgan fingerprint density at radius 3 is 2.66 bits per heavy atom. The largest absolute Gasteiger partial charge is 0.445 e. The minimum atomic E-state index is -0.440. The summed E-state index contributed by atoms with van der Waals surface area (Å²) in [5, 5.41) is 0. The Kier molecular flexibility index (Phi) is 5.84. The monoisotopic (exact) mass is 392 g/mol. The summed E-state index contributed by atoms with van der Waals surface area (Å²) in [6.45, 7) is 3.61. The van der Waals surface area contributed by atoms with E-state index in [4.69, 9.17) is 4.74 Å². The van der Waals surface area contributed by atoms with Crippen molar-refractivity contribution in [1.29, 1.82) is 0 Å². The van der Waals surface area contributed by atoms with Crippen LogP contribution in [0.5, 0.6) is 0 Å². The van der Waals surface area contributed by atoms with E-state index in [1.54, 1.807) is 4.90 Å². The van der Waals surface area contributed by atoms with Crippen molar-refractivity contribution in [2.45, 2.75) is 51.7 Å². The maximum absolute atomic E-state index is 13.5. The highest BCUT2D eigenvalue weighted by Crippen LogP contribution is 2.31. The number of fused-ring (bicyclic) bond motifs is 1. The number of benzene rings is 2. The van der Waals surface area contributed by atoms with Gasteiger partial charge < -0.3 is 9.64 Å². The summed E-state index contributed by atoms with van der Waals surface area (Å²) >= 11 is 0. The van der Waals surface area contributed by atoms with Crippen molar-refractivity contribution in [2.24, 2.45) is 0 Å². The number of aryl methyl sites for hydroxylation is 1. The standard InChI is InChI=1S/C24H28N2O3/c1-18-9-7-13-21-20(18)12-5-6-15-25(21)23(27)22-14-8-16-26(22)24(28)29-17-19-10-3-2-4-11-19/h2-4,7,9-11,13,22H,5-6,8,12,14-17H2,1H3/t22-/m0/s1. The van der Waals surface area contributed by atoms with Gasteiger partial charge >= 0.3 is 6.09 Å². The normalized spacial score (nSPS) is 18.9. The second-order valence-electron chi connectivity index (χ2n) is 7.91. The molecule has 2 amide bonds. The minimum Gasteiger partial charge on any atom is -0.445 e. The third-order valence-electron chi connectivity index (χ3n) is 5.98. The van der Waals surface area contributed by atoms with Crippen LogP contribution in [0.25, 0.3) is 0 Å². The molecule has 0 aromatic heterocycles. The summed E-state index contributed by atoms with van der Waals surface area (Å²) in [7, 11) is 0. The lowest BCUT2D eigenvalue weighted by Gasteiger charge is -2.30. The van der Waals surface area contributed by atoms with Gasteiger partial charge in [0, 0.05) is 18.8 Å². The van der Waals surface area contributed by atoms with Gasteiger partial charge in [-0.2, -0.15) is 0 Å². The summed E-state index contributed by atoms with van der Waals surface area (Å²) in [6.07, 6.45) is 4.17. The maximum Gasteiger partial charge on any atom is 0.410 e. The molecule has 4 rings (SSSR count). The summed E-state index contributed by atoms with van der Waals surface area (Å²) in [4.78, 5) is 29.7. The Balaban J connectivity index is 1.49. The van der Waals surface area contributed by atoms with E-state index in [9.17, 15) is 9.59 Å². The molecule has 152 valence electrons. The van der Waals surface area contributed by atoms with Crippen LogP contribution in [0.2, 0.25) is 0 Å². The molecule has 1 saturated heterocycles. The fourth-order valence-electron chi connectivity index (χ4n) is 4.41. The van der Waals surface area contributed by atoms with Crippen molar-refractivity contribution in [2.75, 3.05) is 18.0 Å². The minimum absolute atomic E-state index is 0.0212. The molecule has 2 aromatic rings. The van der Waals surface area contributed by atoms with Gasteiger partial charge in [-0.15, -0.1) is 0 Å². The Morgan fingerprint density at radius 2 is 1.83 bits per heavy atom. The highest BCUT2D eigenvalue weighted by molar-refractivity contribution is 5.99. The van der Waals surface area contributed by atoms with Crippen molar-refractivity contribution in [3.05, 3.63) is 65.2 Å². The lowest BCUT2D eigenvalue weighted by molar-refractivity contribution is -0.122. The summed E-state index contributed by atoms with van der Waals surface area (Å²) in [5.41, 5.74) is 4.44. The smallest absolute Gasteiger partial charge is 0.410 e. The van der Waals surface area contributed by atoms with Gasteiger partial charge in [-0.1, -0.05) is 42.5 Å². The lowest BCUT2D eigenvalue weighted by Crippen LogP contribution is -2.48. The topological polar surface area (TPSA) is 49.9 Å². The summed E-state index contributed by atoms with van der Waals surface area (Å²) in [5.74, 6) is 0.0212. The van der Waals surface area contributed by atoms with Crippen LogP contribution < -0.4 is 4.90 Å². The molecule has 0 aliphatic carbocycles. The Bertz CT molecular complexity index is 881. The van der Waals surface area contributed by atoms with Crippen molar-refractivity contribution in [1.82, 2.24) is 4.90 Å². The molecule has 0 bridgehead atoms. The quantitative estimate of drug-likeness (QED) is 0.775. The second-order valence-corrected chi connectivity index (χ2v) is 7.91. The fourth-order valence-corrected chi connectivity index (χ4v) is 4.41. The lowest BCUT2D eigenvalue weighted by atomic mass is 10.0. The molecule has 2 aromatic carbocycles. The van der Waals surface area contributed by atoms with E-state index in [0.29, 0.717) is 19.5 Å². The van der Waals surface area contributed by atoms with Gasteiger partial charge in [-0.05, 0) is 61.8 Å². The van der Waals surface area contributed by atoms with E-state index in [0.717, 1.165) is 36.9 Å². The van der Waals surface area contributed by atoms with E-state index < -0.39 is 12.1 Å². The first-order valence-electron chi connectivity index (χ1n) is 10.5. The van der Waals surface area contributed by atoms with E-state index >= 15 is 0 Å². The first-order valence-corrected chi connectivity index (χ1v) is 10.5. The molecular weight excluding hydrogens is 364 g/mol. The molecule has 2 aliphatic heterocycles. The zero-order chi connectivity index (χ0) is 20.2. The predicted octanol–water partition coefficient (Wildman–Crippen LogP) is 4.47. The molecule has 2 aliphatic rings. The van der Waals surface area contributed by atoms with Crippen LogP contribution in [0.4, 0.5) is 10.5 Å².